The van der Waals surface area contributed by atoms with Crippen LogP contribution in [0.25, 0.3) is 0 Å². The predicted molar refractivity (Wildman–Crippen MR) is 72.3 cm³/mol. The number of carbonyl (C=O) groups excluding carboxylic acids is 2. The van der Waals surface area contributed by atoms with Gasteiger partial charge in [-0.3, -0.25) is 4.79 Å². The monoisotopic (exact) mass is 262 g/mol. The van der Waals surface area contributed by atoms with Crippen LogP contribution >= 0.6 is 0 Å². The Labute approximate surface area is 113 Å². The van der Waals surface area contributed by atoms with Gasteiger partial charge in [0.15, 0.2) is 5.78 Å². The van der Waals surface area contributed by atoms with Crippen molar-refractivity contribution in [3.63, 3.8) is 0 Å². The highest BCUT2D eigenvalue weighted by Gasteiger charge is 2.04. The lowest BCUT2D eigenvalue weighted by molar-refractivity contribution is -0.139. The van der Waals surface area contributed by atoms with Crippen molar-refractivity contribution in [2.45, 2.75) is 20.3 Å². The van der Waals surface area contributed by atoms with Crippen molar-refractivity contribution < 1.29 is 19.1 Å². The number of benzene rings is 1. The summed E-state index contributed by atoms with van der Waals surface area (Å²) in [6, 6.07) is 6.90. The van der Waals surface area contributed by atoms with Crippen molar-refractivity contribution in [2.75, 3.05) is 13.2 Å². The molecular formula is C15H18O4. The Balaban J connectivity index is 2.36. The average Bonchev–Trinajstić information content (AvgIpc) is 2.43. The van der Waals surface area contributed by atoms with Gasteiger partial charge in [-0.05, 0) is 31.2 Å². The minimum atomic E-state index is -0.424. The number of carbonyl (C=O) groups is 2. The summed E-state index contributed by atoms with van der Waals surface area (Å²) in [4.78, 5) is 22.5. The van der Waals surface area contributed by atoms with E-state index in [1.54, 1.807) is 31.2 Å². The topological polar surface area (TPSA) is 52.6 Å². The summed E-state index contributed by atoms with van der Waals surface area (Å²) >= 11 is 0. The molecule has 0 aliphatic carbocycles. The van der Waals surface area contributed by atoms with E-state index in [1.165, 1.54) is 0 Å². The smallest absolute Gasteiger partial charge is 0.333 e. The van der Waals surface area contributed by atoms with E-state index in [1.807, 2.05) is 6.92 Å². The third-order valence-electron chi connectivity index (χ3n) is 2.43. The highest BCUT2D eigenvalue weighted by atomic mass is 16.6. The fourth-order valence-corrected chi connectivity index (χ4v) is 1.36. The molecule has 4 nitrogen and oxygen atoms in total. The Morgan fingerprint density at radius 3 is 2.32 bits per heavy atom. The molecule has 0 aliphatic rings. The van der Waals surface area contributed by atoms with E-state index >= 15 is 0 Å². The summed E-state index contributed by atoms with van der Waals surface area (Å²) in [5.74, 6) is 0.313. The number of rotatable bonds is 7. The van der Waals surface area contributed by atoms with Crippen molar-refractivity contribution in [3.8, 4) is 5.75 Å². The van der Waals surface area contributed by atoms with Crippen molar-refractivity contribution in [1.29, 1.82) is 0 Å². The highest BCUT2D eigenvalue weighted by Crippen LogP contribution is 2.13. The van der Waals surface area contributed by atoms with E-state index in [4.69, 9.17) is 9.47 Å². The van der Waals surface area contributed by atoms with Gasteiger partial charge in [-0.2, -0.15) is 0 Å². The third-order valence-corrected chi connectivity index (χ3v) is 2.43. The van der Waals surface area contributed by atoms with Crippen LogP contribution in [0.3, 0.4) is 0 Å². The van der Waals surface area contributed by atoms with Gasteiger partial charge in [0.25, 0.3) is 0 Å². The molecule has 0 amide bonds. The second-order valence-electron chi connectivity index (χ2n) is 4.07. The maximum atomic E-state index is 11.4. The molecule has 0 saturated heterocycles. The minimum Gasteiger partial charge on any atom is -0.490 e. The Bertz CT molecular complexity index is 460. The number of hydrogen-bond acceptors (Lipinski definition) is 4. The van der Waals surface area contributed by atoms with Crippen molar-refractivity contribution in [2.24, 2.45) is 0 Å². The van der Waals surface area contributed by atoms with E-state index in [-0.39, 0.29) is 19.0 Å². The van der Waals surface area contributed by atoms with Crippen LogP contribution in [-0.2, 0) is 9.53 Å². The largest absolute Gasteiger partial charge is 0.490 e. The molecule has 102 valence electrons. The molecule has 1 aromatic carbocycles. The standard InChI is InChI=1S/C15H18O4/c1-4-14(16)12-5-7-13(8-6-12)18-9-10-19-15(17)11(2)3/h5-8H,2,4,9-10H2,1,3H3. The first-order valence-electron chi connectivity index (χ1n) is 6.13. The summed E-state index contributed by atoms with van der Waals surface area (Å²) in [5.41, 5.74) is 1.03. The van der Waals surface area contributed by atoms with Crippen LogP contribution in [0, 0.1) is 0 Å². The van der Waals surface area contributed by atoms with Crippen LogP contribution in [-0.4, -0.2) is 25.0 Å². The van der Waals surface area contributed by atoms with Crippen molar-refractivity contribution >= 4 is 11.8 Å². The quantitative estimate of drug-likeness (QED) is 0.328. The van der Waals surface area contributed by atoms with Crippen LogP contribution in [0.1, 0.15) is 30.6 Å². The van der Waals surface area contributed by atoms with Gasteiger partial charge >= 0.3 is 5.97 Å². The highest BCUT2D eigenvalue weighted by molar-refractivity contribution is 5.95. The molecule has 0 spiro atoms. The van der Waals surface area contributed by atoms with Crippen LogP contribution < -0.4 is 4.74 Å². The van der Waals surface area contributed by atoms with E-state index in [0.717, 1.165) is 0 Å². The minimum absolute atomic E-state index is 0.0990. The number of Topliss-reactive ketones (excluding diaryl/α,β-unsaturated/α-hetero) is 1. The van der Waals surface area contributed by atoms with Gasteiger partial charge in [-0.25, -0.2) is 4.79 Å². The molecule has 0 heterocycles. The Morgan fingerprint density at radius 2 is 1.79 bits per heavy atom. The molecule has 19 heavy (non-hydrogen) atoms. The molecule has 1 aromatic rings. The average molecular weight is 262 g/mol. The zero-order valence-electron chi connectivity index (χ0n) is 11.3. The second-order valence-corrected chi connectivity index (χ2v) is 4.07. The predicted octanol–water partition coefficient (Wildman–Crippen LogP) is 2.78. The van der Waals surface area contributed by atoms with E-state index in [2.05, 4.69) is 6.58 Å². The summed E-state index contributed by atoms with van der Waals surface area (Å²) in [6.45, 7) is 7.32. The van der Waals surface area contributed by atoms with Gasteiger partial charge in [0.05, 0.1) is 0 Å². The van der Waals surface area contributed by atoms with E-state index in [0.29, 0.717) is 23.3 Å². The van der Waals surface area contributed by atoms with Crippen LogP contribution in [0.2, 0.25) is 0 Å². The fourth-order valence-electron chi connectivity index (χ4n) is 1.36. The summed E-state index contributed by atoms with van der Waals surface area (Å²) in [5, 5.41) is 0. The molecule has 4 heteroatoms. The molecule has 0 fully saturated rings. The van der Waals surface area contributed by atoms with Crippen LogP contribution in [0.15, 0.2) is 36.4 Å². The molecule has 0 atom stereocenters. The Hall–Kier alpha value is -2.10. The fraction of sp³-hybridized carbons (Fsp3) is 0.333. The first-order chi connectivity index (χ1) is 9.04. The lowest BCUT2D eigenvalue weighted by Gasteiger charge is -2.07. The number of ether oxygens (including phenoxy) is 2. The maximum absolute atomic E-state index is 11.4. The van der Waals surface area contributed by atoms with Gasteiger partial charge in [0.2, 0.25) is 0 Å². The molecule has 0 aliphatic heterocycles. The van der Waals surface area contributed by atoms with Gasteiger partial charge in [0, 0.05) is 17.6 Å². The van der Waals surface area contributed by atoms with E-state index < -0.39 is 5.97 Å². The molecule has 1 rings (SSSR count). The second kappa shape index (κ2) is 7.36. The molecule has 0 bridgehead atoms. The molecule has 0 unspecified atom stereocenters. The molecular weight excluding hydrogens is 244 g/mol. The first-order valence-corrected chi connectivity index (χ1v) is 6.13. The number of ketones is 1. The summed E-state index contributed by atoms with van der Waals surface area (Å²) in [7, 11) is 0. The molecule has 0 N–H and O–H groups in total. The SMILES string of the molecule is C=C(C)C(=O)OCCOc1ccc(C(=O)CC)cc1. The van der Waals surface area contributed by atoms with Gasteiger partial charge in [0.1, 0.15) is 19.0 Å². The lowest BCUT2D eigenvalue weighted by atomic mass is 10.1. The van der Waals surface area contributed by atoms with Gasteiger partial charge in [-0.1, -0.05) is 13.5 Å². The van der Waals surface area contributed by atoms with E-state index in [9.17, 15) is 9.59 Å². The Kier molecular flexibility index (Phi) is 5.79. The molecule has 0 aromatic heterocycles. The molecule has 0 saturated carbocycles. The normalized spacial score (nSPS) is 9.79. The lowest BCUT2D eigenvalue weighted by Crippen LogP contribution is -2.12. The number of hydrogen-bond donors (Lipinski definition) is 0. The third kappa shape index (κ3) is 4.95. The van der Waals surface area contributed by atoms with Crippen LogP contribution in [0.4, 0.5) is 0 Å². The number of esters is 1. The van der Waals surface area contributed by atoms with Gasteiger partial charge < -0.3 is 9.47 Å². The zero-order chi connectivity index (χ0) is 14.3. The Morgan fingerprint density at radius 1 is 1.16 bits per heavy atom. The maximum Gasteiger partial charge on any atom is 0.333 e. The van der Waals surface area contributed by atoms with Crippen LogP contribution in [0.5, 0.6) is 5.75 Å². The zero-order valence-corrected chi connectivity index (χ0v) is 11.3. The summed E-state index contributed by atoms with van der Waals surface area (Å²) in [6.07, 6.45) is 0.483. The summed E-state index contributed by atoms with van der Waals surface area (Å²) < 4.78 is 10.3. The molecule has 0 radical (unpaired) electrons. The van der Waals surface area contributed by atoms with Crippen molar-refractivity contribution in [3.05, 3.63) is 42.0 Å². The van der Waals surface area contributed by atoms with Crippen molar-refractivity contribution in [1.82, 2.24) is 0 Å². The van der Waals surface area contributed by atoms with Gasteiger partial charge in [-0.15, -0.1) is 0 Å². The first kappa shape index (κ1) is 15.0.